The van der Waals surface area contributed by atoms with Gasteiger partial charge in [-0.3, -0.25) is 4.99 Å². The summed E-state index contributed by atoms with van der Waals surface area (Å²) in [5, 5.41) is 9.36. The van der Waals surface area contributed by atoms with E-state index in [-0.39, 0.29) is 6.42 Å². The normalized spacial score (nSPS) is 27.9. The Morgan fingerprint density at radius 3 is 3.00 bits per heavy atom. The Kier molecular flexibility index (Phi) is 3.14. The molecule has 0 amide bonds. The molecule has 0 saturated heterocycles. The third-order valence-electron chi connectivity index (χ3n) is 1.78. The van der Waals surface area contributed by atoms with E-state index >= 15 is 0 Å². The molecule has 1 rings (SSSR count). The number of aliphatic imine (C=N–C) groups is 1. The topological polar surface area (TPSA) is 49.7 Å². The highest BCUT2D eigenvalue weighted by atomic mass is 79.9. The summed E-state index contributed by atoms with van der Waals surface area (Å²) >= 11 is 9.12. The van der Waals surface area contributed by atoms with Crippen LogP contribution >= 0.6 is 27.5 Å². The number of dihydropyridines is 1. The molecule has 0 aromatic carbocycles. The molecule has 0 spiro atoms. The Hall–Kier alpha value is -0.350. The fourth-order valence-corrected chi connectivity index (χ4v) is 1.77. The van der Waals surface area contributed by atoms with Crippen molar-refractivity contribution < 1.29 is 9.90 Å². The van der Waals surface area contributed by atoms with Crippen LogP contribution in [0.1, 0.15) is 13.3 Å². The molecule has 1 heterocycles. The standard InChI is InChI=1S/C8H9BrClNO2/c1-8(10)2-6(7(12)13)5(3-9)4-11-8/h4H,2-3H2,1H3,(H,12,13). The molecule has 0 aromatic heterocycles. The van der Waals surface area contributed by atoms with Gasteiger partial charge in [-0.1, -0.05) is 27.5 Å². The maximum absolute atomic E-state index is 10.8. The van der Waals surface area contributed by atoms with Crippen LogP contribution < -0.4 is 0 Å². The summed E-state index contributed by atoms with van der Waals surface area (Å²) in [5.41, 5.74) is 1.02. The van der Waals surface area contributed by atoms with E-state index in [2.05, 4.69) is 20.9 Å². The molecule has 1 atom stereocenters. The first-order chi connectivity index (χ1) is 5.96. The molecular formula is C8H9BrClNO2. The molecule has 1 unspecified atom stereocenters. The Labute approximate surface area is 89.6 Å². The highest BCUT2D eigenvalue weighted by Gasteiger charge is 2.29. The summed E-state index contributed by atoms with van der Waals surface area (Å²) in [6.07, 6.45) is 1.79. The number of carboxylic acid groups (broad SMARTS) is 1. The summed E-state index contributed by atoms with van der Waals surface area (Å²) in [5.74, 6) is -0.924. The molecular weight excluding hydrogens is 257 g/mol. The number of hydrogen-bond acceptors (Lipinski definition) is 2. The first-order valence-corrected chi connectivity index (χ1v) is 5.21. The van der Waals surface area contributed by atoms with Gasteiger partial charge in [0.1, 0.15) is 5.00 Å². The maximum atomic E-state index is 10.8. The number of alkyl halides is 2. The average Bonchev–Trinajstić information content (AvgIpc) is 2.03. The highest BCUT2D eigenvalue weighted by Crippen LogP contribution is 2.30. The van der Waals surface area contributed by atoms with Crippen molar-refractivity contribution in [2.24, 2.45) is 4.99 Å². The van der Waals surface area contributed by atoms with Crippen LogP contribution in [0, 0.1) is 0 Å². The van der Waals surface area contributed by atoms with Crippen LogP contribution in [0.5, 0.6) is 0 Å². The van der Waals surface area contributed by atoms with E-state index in [1.165, 1.54) is 6.21 Å². The van der Waals surface area contributed by atoms with Crippen molar-refractivity contribution in [3.8, 4) is 0 Å². The number of nitrogens with zero attached hydrogens (tertiary/aromatic N) is 1. The molecule has 0 radical (unpaired) electrons. The van der Waals surface area contributed by atoms with E-state index in [9.17, 15) is 4.79 Å². The Morgan fingerprint density at radius 2 is 2.54 bits per heavy atom. The van der Waals surface area contributed by atoms with Crippen molar-refractivity contribution in [1.29, 1.82) is 0 Å². The summed E-state index contributed by atoms with van der Waals surface area (Å²) in [6.45, 7) is 1.69. The van der Waals surface area contributed by atoms with Crippen molar-refractivity contribution in [2.45, 2.75) is 18.3 Å². The molecule has 72 valence electrons. The zero-order valence-corrected chi connectivity index (χ0v) is 9.39. The van der Waals surface area contributed by atoms with E-state index < -0.39 is 11.0 Å². The van der Waals surface area contributed by atoms with Gasteiger partial charge >= 0.3 is 5.97 Å². The van der Waals surface area contributed by atoms with Gasteiger partial charge in [-0.15, -0.1) is 0 Å². The van der Waals surface area contributed by atoms with Crippen LogP contribution in [0.3, 0.4) is 0 Å². The fraction of sp³-hybridized carbons (Fsp3) is 0.500. The quantitative estimate of drug-likeness (QED) is 0.615. The Bertz CT molecular complexity index is 297. The van der Waals surface area contributed by atoms with Crippen molar-refractivity contribution in [3.63, 3.8) is 0 Å². The Balaban J connectivity index is 3.02. The number of aliphatic carboxylic acids is 1. The molecule has 1 N–H and O–H groups in total. The van der Waals surface area contributed by atoms with Gasteiger partial charge in [-0.2, -0.15) is 0 Å². The minimum absolute atomic E-state index is 0.265. The summed E-state index contributed by atoms with van der Waals surface area (Å²) in [7, 11) is 0. The van der Waals surface area contributed by atoms with Gasteiger partial charge in [-0.05, 0) is 12.5 Å². The second-order valence-corrected chi connectivity index (χ2v) is 4.39. The Morgan fingerprint density at radius 1 is 1.92 bits per heavy atom. The molecule has 0 fully saturated rings. The van der Waals surface area contributed by atoms with Gasteiger partial charge in [-0.25, -0.2) is 4.79 Å². The summed E-state index contributed by atoms with van der Waals surface area (Å²) in [6, 6.07) is 0. The number of halogens is 2. The van der Waals surface area contributed by atoms with Gasteiger partial charge in [0.05, 0.1) is 0 Å². The van der Waals surface area contributed by atoms with Gasteiger partial charge in [0.25, 0.3) is 0 Å². The van der Waals surface area contributed by atoms with Gasteiger partial charge in [0.15, 0.2) is 0 Å². The molecule has 0 aromatic rings. The molecule has 1 aliphatic rings. The fourth-order valence-electron chi connectivity index (χ4n) is 1.10. The van der Waals surface area contributed by atoms with E-state index in [1.807, 2.05) is 0 Å². The van der Waals surface area contributed by atoms with Crippen molar-refractivity contribution in [3.05, 3.63) is 11.1 Å². The molecule has 1 aliphatic heterocycles. The second-order valence-electron chi connectivity index (χ2n) is 3.02. The zero-order chi connectivity index (χ0) is 10.1. The van der Waals surface area contributed by atoms with Crippen molar-refractivity contribution >= 4 is 39.7 Å². The lowest BCUT2D eigenvalue weighted by atomic mass is 10.00. The number of allylic oxidation sites excluding steroid dienone is 1. The van der Waals surface area contributed by atoms with Crippen LogP contribution in [-0.4, -0.2) is 27.6 Å². The largest absolute Gasteiger partial charge is 0.478 e. The van der Waals surface area contributed by atoms with E-state index in [0.717, 1.165) is 0 Å². The number of carboxylic acids is 1. The van der Waals surface area contributed by atoms with Crippen molar-refractivity contribution in [1.82, 2.24) is 0 Å². The molecule has 13 heavy (non-hydrogen) atoms. The SMILES string of the molecule is CC1(Cl)CC(C(=O)O)=C(CBr)C=N1. The molecule has 3 nitrogen and oxygen atoms in total. The minimum atomic E-state index is -0.924. The van der Waals surface area contributed by atoms with E-state index in [0.29, 0.717) is 16.5 Å². The van der Waals surface area contributed by atoms with Crippen LogP contribution in [0.15, 0.2) is 16.1 Å². The molecule has 0 aliphatic carbocycles. The number of carbonyl (C=O) groups is 1. The number of hydrogen-bond donors (Lipinski definition) is 1. The lowest BCUT2D eigenvalue weighted by molar-refractivity contribution is -0.132. The lowest BCUT2D eigenvalue weighted by Crippen LogP contribution is -2.23. The maximum Gasteiger partial charge on any atom is 0.332 e. The molecule has 0 saturated carbocycles. The predicted octanol–water partition coefficient (Wildman–Crippen LogP) is 2.19. The van der Waals surface area contributed by atoms with Crippen LogP contribution in [0.2, 0.25) is 0 Å². The average molecular weight is 267 g/mol. The summed E-state index contributed by atoms with van der Waals surface area (Å²) < 4.78 is 0. The van der Waals surface area contributed by atoms with Gasteiger partial charge in [0.2, 0.25) is 0 Å². The predicted molar refractivity (Wildman–Crippen MR) is 55.8 cm³/mol. The lowest BCUT2D eigenvalue weighted by Gasteiger charge is -2.22. The third kappa shape index (κ3) is 2.54. The van der Waals surface area contributed by atoms with Gasteiger partial charge < -0.3 is 5.11 Å². The monoisotopic (exact) mass is 265 g/mol. The minimum Gasteiger partial charge on any atom is -0.478 e. The van der Waals surface area contributed by atoms with Crippen molar-refractivity contribution in [2.75, 3.05) is 5.33 Å². The third-order valence-corrected chi connectivity index (χ3v) is 2.61. The zero-order valence-electron chi connectivity index (χ0n) is 7.05. The van der Waals surface area contributed by atoms with E-state index in [4.69, 9.17) is 16.7 Å². The van der Waals surface area contributed by atoms with Gasteiger partial charge in [0, 0.05) is 23.5 Å². The summed E-state index contributed by atoms with van der Waals surface area (Å²) in [4.78, 5) is 14.0. The van der Waals surface area contributed by atoms with Crippen LogP contribution in [0.4, 0.5) is 0 Å². The van der Waals surface area contributed by atoms with E-state index in [1.54, 1.807) is 6.92 Å². The highest BCUT2D eigenvalue weighted by molar-refractivity contribution is 9.09. The number of rotatable bonds is 2. The molecule has 5 heteroatoms. The van der Waals surface area contributed by atoms with Crippen LogP contribution in [-0.2, 0) is 4.79 Å². The smallest absolute Gasteiger partial charge is 0.332 e. The van der Waals surface area contributed by atoms with Crippen LogP contribution in [0.25, 0.3) is 0 Å². The molecule has 0 bridgehead atoms. The first-order valence-electron chi connectivity index (χ1n) is 3.72. The first kappa shape index (κ1) is 10.7. The second kappa shape index (κ2) is 3.80.